The highest BCUT2D eigenvalue weighted by molar-refractivity contribution is 5.98. The molecule has 5 nitrogen and oxygen atoms in total. The Balaban J connectivity index is 1.69. The van der Waals surface area contributed by atoms with Crippen molar-refractivity contribution < 1.29 is 4.79 Å². The summed E-state index contributed by atoms with van der Waals surface area (Å²) in [7, 11) is 0. The van der Waals surface area contributed by atoms with Crippen molar-refractivity contribution in [2.24, 2.45) is 0 Å². The van der Waals surface area contributed by atoms with E-state index in [0.717, 1.165) is 12.1 Å². The van der Waals surface area contributed by atoms with Gasteiger partial charge in [-0.15, -0.1) is 0 Å². The minimum absolute atomic E-state index is 0.136. The number of nitrogens with zero attached hydrogens (tertiary/aromatic N) is 4. The number of aryl methyl sites for hydroxylation is 1. The molecule has 1 aromatic carbocycles. The highest BCUT2D eigenvalue weighted by Crippen LogP contribution is 2.32. The fourth-order valence-electron chi connectivity index (χ4n) is 3.38. The number of carbonyl (C=O) groups is 1. The van der Waals surface area contributed by atoms with E-state index in [0.29, 0.717) is 29.5 Å². The van der Waals surface area contributed by atoms with E-state index in [1.165, 1.54) is 11.1 Å². The van der Waals surface area contributed by atoms with Gasteiger partial charge >= 0.3 is 0 Å². The maximum absolute atomic E-state index is 12.6. The number of hydrogen-bond donors (Lipinski definition) is 0. The van der Waals surface area contributed by atoms with Gasteiger partial charge in [0, 0.05) is 12.6 Å². The zero-order chi connectivity index (χ0) is 16.8. The average molecular weight is 320 g/mol. The molecule has 0 saturated heterocycles. The molecule has 2 heterocycles. The smallest absolute Gasteiger partial charge is 0.252 e. The van der Waals surface area contributed by atoms with Gasteiger partial charge in [-0.05, 0) is 36.3 Å². The van der Waals surface area contributed by atoms with Crippen molar-refractivity contribution in [1.82, 2.24) is 19.6 Å². The molecule has 0 unspecified atom stereocenters. The van der Waals surface area contributed by atoms with Crippen LogP contribution in [0.5, 0.6) is 0 Å². The van der Waals surface area contributed by atoms with Crippen molar-refractivity contribution in [3.8, 4) is 0 Å². The molecule has 122 valence electrons. The summed E-state index contributed by atoms with van der Waals surface area (Å²) in [6, 6.07) is 8.63. The van der Waals surface area contributed by atoms with Crippen molar-refractivity contribution in [3.63, 3.8) is 0 Å². The summed E-state index contributed by atoms with van der Waals surface area (Å²) in [4.78, 5) is 21.5. The lowest BCUT2D eigenvalue weighted by Crippen LogP contribution is -2.21. The molecule has 0 saturated carbocycles. The van der Waals surface area contributed by atoms with E-state index in [9.17, 15) is 4.79 Å². The Morgan fingerprint density at radius 3 is 2.58 bits per heavy atom. The van der Waals surface area contributed by atoms with Crippen LogP contribution in [0.25, 0.3) is 5.78 Å². The largest absolute Gasteiger partial charge is 0.294 e. The molecule has 1 aliphatic rings. The number of ketones is 1. The first-order valence-corrected chi connectivity index (χ1v) is 8.37. The molecule has 1 atom stereocenters. The number of fused-ring (bicyclic) bond motifs is 2. The van der Waals surface area contributed by atoms with Gasteiger partial charge in [0.15, 0.2) is 5.78 Å². The predicted molar refractivity (Wildman–Crippen MR) is 91.4 cm³/mol. The van der Waals surface area contributed by atoms with Crippen LogP contribution in [0.4, 0.5) is 0 Å². The second-order valence-corrected chi connectivity index (χ2v) is 6.85. The van der Waals surface area contributed by atoms with Crippen LogP contribution in [0.2, 0.25) is 0 Å². The number of rotatable bonds is 2. The normalized spacial score (nSPS) is 17.5. The van der Waals surface area contributed by atoms with E-state index < -0.39 is 0 Å². The molecule has 0 fully saturated rings. The molecule has 3 aromatic rings. The third-order valence-electron chi connectivity index (χ3n) is 4.76. The van der Waals surface area contributed by atoms with E-state index in [1.54, 1.807) is 10.7 Å². The molecule has 0 radical (unpaired) electrons. The molecule has 5 heteroatoms. The van der Waals surface area contributed by atoms with Gasteiger partial charge in [0.25, 0.3) is 5.78 Å². The van der Waals surface area contributed by atoms with Crippen LogP contribution in [0, 0.1) is 6.92 Å². The molecule has 4 rings (SSSR count). The van der Waals surface area contributed by atoms with Crippen molar-refractivity contribution >= 4 is 11.6 Å². The topological polar surface area (TPSA) is 60.1 Å². The summed E-state index contributed by atoms with van der Waals surface area (Å²) >= 11 is 0. The minimum atomic E-state index is 0.136. The maximum Gasteiger partial charge on any atom is 0.252 e. The Labute approximate surface area is 140 Å². The van der Waals surface area contributed by atoms with Gasteiger partial charge in [-0.2, -0.15) is 10.1 Å². The molecule has 0 N–H and O–H groups in total. The first-order chi connectivity index (χ1) is 11.5. The molecule has 0 amide bonds. The minimum Gasteiger partial charge on any atom is -0.294 e. The van der Waals surface area contributed by atoms with E-state index in [4.69, 9.17) is 0 Å². The third-order valence-corrected chi connectivity index (χ3v) is 4.76. The van der Waals surface area contributed by atoms with Crippen LogP contribution < -0.4 is 0 Å². The Morgan fingerprint density at radius 1 is 1.12 bits per heavy atom. The van der Waals surface area contributed by atoms with E-state index in [1.807, 2.05) is 6.92 Å². The lowest BCUT2D eigenvalue weighted by atomic mass is 9.81. The lowest BCUT2D eigenvalue weighted by Gasteiger charge is -2.23. The molecule has 2 aromatic heterocycles. The van der Waals surface area contributed by atoms with Gasteiger partial charge in [-0.1, -0.05) is 38.1 Å². The Morgan fingerprint density at radius 2 is 1.88 bits per heavy atom. The molecule has 0 bridgehead atoms. The van der Waals surface area contributed by atoms with Crippen molar-refractivity contribution in [2.45, 2.75) is 45.4 Å². The molecule has 0 spiro atoms. The molecular weight excluding hydrogens is 300 g/mol. The average Bonchev–Trinajstić information content (AvgIpc) is 2.92. The van der Waals surface area contributed by atoms with E-state index >= 15 is 0 Å². The monoisotopic (exact) mass is 320 g/mol. The highest BCUT2D eigenvalue weighted by atomic mass is 16.1. The predicted octanol–water partition coefficient (Wildman–Crippen LogP) is 3.47. The zero-order valence-corrected chi connectivity index (χ0v) is 14.2. The summed E-state index contributed by atoms with van der Waals surface area (Å²) in [5.74, 6) is 2.06. The summed E-state index contributed by atoms with van der Waals surface area (Å²) in [6.45, 7) is 6.20. The van der Waals surface area contributed by atoms with Gasteiger partial charge in [-0.25, -0.2) is 9.50 Å². The standard InChI is InChI=1S/C19H20N4O/c1-11(2)13-4-6-14(7-5-13)15-8-17-16(18(24)9-15)10-23-19(21-17)20-12(3)22-23/h4-7,10-11,15H,8-9H2,1-3H3/t15-/m1/s1. The van der Waals surface area contributed by atoms with Gasteiger partial charge in [-0.3, -0.25) is 4.79 Å². The molecule has 1 aliphatic carbocycles. The molecule has 0 aliphatic heterocycles. The summed E-state index contributed by atoms with van der Waals surface area (Å²) in [5.41, 5.74) is 4.05. The number of hydrogen-bond acceptors (Lipinski definition) is 4. The van der Waals surface area contributed by atoms with Crippen molar-refractivity contribution in [2.75, 3.05) is 0 Å². The first-order valence-electron chi connectivity index (χ1n) is 8.37. The van der Waals surface area contributed by atoms with E-state index in [-0.39, 0.29) is 11.7 Å². The van der Waals surface area contributed by atoms with Crippen LogP contribution in [0.15, 0.2) is 30.5 Å². The van der Waals surface area contributed by atoms with Gasteiger partial charge in [0.05, 0.1) is 11.3 Å². The number of carbonyl (C=O) groups excluding carboxylic acids is 1. The van der Waals surface area contributed by atoms with Crippen LogP contribution in [0.3, 0.4) is 0 Å². The molecular formula is C19H20N4O. The van der Waals surface area contributed by atoms with Gasteiger partial charge < -0.3 is 0 Å². The second kappa shape index (κ2) is 5.51. The SMILES string of the molecule is Cc1nc2nc3c(cn2n1)C(=O)C[C@H](c1ccc(C(C)C)cc1)C3. The van der Waals surface area contributed by atoms with Crippen LogP contribution >= 0.6 is 0 Å². The van der Waals surface area contributed by atoms with Gasteiger partial charge in [0.2, 0.25) is 0 Å². The fraction of sp³-hybridized carbons (Fsp3) is 0.368. The van der Waals surface area contributed by atoms with E-state index in [2.05, 4.69) is 53.2 Å². The summed E-state index contributed by atoms with van der Waals surface area (Å²) in [5, 5.41) is 4.25. The Bertz CT molecular complexity index is 924. The highest BCUT2D eigenvalue weighted by Gasteiger charge is 2.28. The van der Waals surface area contributed by atoms with Crippen LogP contribution in [0.1, 0.15) is 65.1 Å². The van der Waals surface area contributed by atoms with Crippen LogP contribution in [-0.2, 0) is 6.42 Å². The number of Topliss-reactive ketones (excluding diaryl/α,β-unsaturated/α-hetero) is 1. The zero-order valence-electron chi connectivity index (χ0n) is 14.2. The summed E-state index contributed by atoms with van der Waals surface area (Å²) in [6.07, 6.45) is 3.07. The van der Waals surface area contributed by atoms with Crippen LogP contribution in [-0.4, -0.2) is 25.4 Å². The number of benzene rings is 1. The second-order valence-electron chi connectivity index (χ2n) is 6.85. The Kier molecular flexibility index (Phi) is 3.44. The van der Waals surface area contributed by atoms with Gasteiger partial charge in [0.1, 0.15) is 5.82 Å². The summed E-state index contributed by atoms with van der Waals surface area (Å²) < 4.78 is 1.60. The molecule has 24 heavy (non-hydrogen) atoms. The third kappa shape index (κ3) is 2.50. The Hall–Kier alpha value is -2.56. The number of aromatic nitrogens is 4. The first kappa shape index (κ1) is 15.0. The van der Waals surface area contributed by atoms with Crippen molar-refractivity contribution in [3.05, 3.63) is 58.7 Å². The van der Waals surface area contributed by atoms with Crippen molar-refractivity contribution in [1.29, 1.82) is 0 Å². The quantitative estimate of drug-likeness (QED) is 0.725. The lowest BCUT2D eigenvalue weighted by molar-refractivity contribution is 0.0962. The maximum atomic E-state index is 12.6. The fourth-order valence-corrected chi connectivity index (χ4v) is 3.38.